The smallest absolute Gasteiger partial charge is 0.251 e. The minimum atomic E-state index is -0.622. The maximum absolute atomic E-state index is 13.5. The van der Waals surface area contributed by atoms with Crippen LogP contribution < -0.4 is 16.0 Å². The van der Waals surface area contributed by atoms with Gasteiger partial charge in [0.05, 0.1) is 0 Å². The first kappa shape index (κ1) is 31.0. The third kappa shape index (κ3) is 8.38. The van der Waals surface area contributed by atoms with E-state index in [1.165, 1.54) is 12.0 Å². The zero-order valence-corrected chi connectivity index (χ0v) is 26.1. The maximum Gasteiger partial charge on any atom is 0.251 e. The maximum atomic E-state index is 13.5. The minimum absolute atomic E-state index is 0.166. The first-order chi connectivity index (χ1) is 22.6. The van der Waals surface area contributed by atoms with Gasteiger partial charge in [0, 0.05) is 24.1 Å². The van der Waals surface area contributed by atoms with Crippen molar-refractivity contribution < 1.29 is 9.59 Å². The van der Waals surface area contributed by atoms with E-state index in [4.69, 9.17) is 0 Å². The van der Waals surface area contributed by atoms with Crippen molar-refractivity contribution in [3.63, 3.8) is 0 Å². The lowest BCUT2D eigenvalue weighted by atomic mass is 10.0. The van der Waals surface area contributed by atoms with Crippen LogP contribution in [0.2, 0.25) is 0 Å². The van der Waals surface area contributed by atoms with E-state index >= 15 is 0 Å². The quantitative estimate of drug-likeness (QED) is 0.113. The molecule has 0 heterocycles. The van der Waals surface area contributed by atoms with E-state index in [2.05, 4.69) is 70.5 Å². The molecular weight excluding hydrogens is 566 g/mol. The summed E-state index contributed by atoms with van der Waals surface area (Å²) in [6.07, 6.45) is 3.50. The molecule has 0 bridgehead atoms. The first-order valence-electron chi connectivity index (χ1n) is 16.3. The van der Waals surface area contributed by atoms with Gasteiger partial charge in [0.2, 0.25) is 5.91 Å². The molecule has 3 atom stereocenters. The van der Waals surface area contributed by atoms with Crippen molar-refractivity contribution in [2.24, 2.45) is 0 Å². The third-order valence-corrected chi connectivity index (χ3v) is 8.75. The van der Waals surface area contributed by atoms with E-state index in [9.17, 15) is 9.59 Å². The van der Waals surface area contributed by atoms with Crippen molar-refractivity contribution in [1.29, 1.82) is 0 Å². The zero-order chi connectivity index (χ0) is 31.6. The monoisotopic (exact) mass is 607 g/mol. The van der Waals surface area contributed by atoms with Gasteiger partial charge >= 0.3 is 0 Å². The van der Waals surface area contributed by atoms with Gasteiger partial charge in [-0.05, 0) is 77.7 Å². The van der Waals surface area contributed by atoms with Crippen LogP contribution in [0, 0.1) is 0 Å². The van der Waals surface area contributed by atoms with E-state index in [0.29, 0.717) is 30.5 Å². The summed E-state index contributed by atoms with van der Waals surface area (Å²) in [7, 11) is 0. The fourth-order valence-electron chi connectivity index (χ4n) is 5.96. The van der Waals surface area contributed by atoms with Crippen molar-refractivity contribution in [2.75, 3.05) is 6.54 Å². The lowest BCUT2D eigenvalue weighted by molar-refractivity contribution is -0.123. The summed E-state index contributed by atoms with van der Waals surface area (Å²) in [4.78, 5) is 26.8. The SMILES string of the molecule is O=C(N[C@@H](CCCCN[C@@H]1CC1c1ccccc1)C(=O)NCc1ccc(-c2ccccc2)cc1)c1ccc(-c2ccccc2)cc1. The molecule has 1 fully saturated rings. The number of hydrogen-bond acceptors (Lipinski definition) is 3. The molecule has 3 N–H and O–H groups in total. The van der Waals surface area contributed by atoms with Gasteiger partial charge in [-0.25, -0.2) is 0 Å². The zero-order valence-electron chi connectivity index (χ0n) is 26.1. The van der Waals surface area contributed by atoms with Crippen LogP contribution in [-0.2, 0) is 11.3 Å². The fourth-order valence-corrected chi connectivity index (χ4v) is 5.96. The number of carbonyl (C=O) groups excluding carboxylic acids is 2. The van der Waals surface area contributed by atoms with Gasteiger partial charge in [-0.2, -0.15) is 0 Å². The Bertz CT molecular complexity index is 1690. The molecule has 232 valence electrons. The Kier molecular flexibility index (Phi) is 10.3. The summed E-state index contributed by atoms with van der Waals surface area (Å²) >= 11 is 0. The average molecular weight is 608 g/mol. The first-order valence-corrected chi connectivity index (χ1v) is 16.3. The Morgan fingerprint density at radius 2 is 1.17 bits per heavy atom. The second kappa shape index (κ2) is 15.3. The normalized spacial score (nSPS) is 15.9. The number of benzene rings is 5. The summed E-state index contributed by atoms with van der Waals surface area (Å²) in [5.74, 6) is 0.184. The topological polar surface area (TPSA) is 70.2 Å². The Balaban J connectivity index is 1.04. The molecular formula is C41H41N3O2. The lowest BCUT2D eigenvalue weighted by Gasteiger charge is -2.19. The molecule has 1 aliphatic rings. The molecule has 1 unspecified atom stereocenters. The number of amides is 2. The van der Waals surface area contributed by atoms with Crippen LogP contribution >= 0.6 is 0 Å². The minimum Gasteiger partial charge on any atom is -0.350 e. The highest BCUT2D eigenvalue weighted by Crippen LogP contribution is 2.40. The number of hydrogen-bond donors (Lipinski definition) is 3. The lowest BCUT2D eigenvalue weighted by Crippen LogP contribution is -2.46. The second-order valence-corrected chi connectivity index (χ2v) is 12.1. The predicted octanol–water partition coefficient (Wildman–Crippen LogP) is 7.75. The van der Waals surface area contributed by atoms with Crippen LogP contribution in [-0.4, -0.2) is 30.4 Å². The van der Waals surface area contributed by atoms with Crippen molar-refractivity contribution in [3.05, 3.63) is 156 Å². The third-order valence-electron chi connectivity index (χ3n) is 8.75. The van der Waals surface area contributed by atoms with Crippen molar-refractivity contribution in [3.8, 4) is 22.3 Å². The van der Waals surface area contributed by atoms with Crippen LogP contribution in [0.4, 0.5) is 0 Å². The molecule has 0 aliphatic heterocycles. The molecule has 5 aromatic carbocycles. The standard InChI is InChI=1S/C41H41N3O2/c45-40(36-25-23-34(24-26-36)32-14-6-2-7-15-32)44-38(18-10-11-27-42-39-28-37(39)35-16-8-3-9-17-35)41(46)43-29-30-19-21-33(22-20-30)31-12-4-1-5-13-31/h1-9,12-17,19-26,37-39,42H,10-11,18,27-29H2,(H,43,46)(H,44,45)/t37?,38-,39+/m0/s1. The molecule has 5 heteroatoms. The number of nitrogens with one attached hydrogen (secondary N) is 3. The van der Waals surface area contributed by atoms with Gasteiger partial charge < -0.3 is 16.0 Å². The van der Waals surface area contributed by atoms with Gasteiger partial charge in [0.15, 0.2) is 0 Å². The molecule has 6 rings (SSSR count). The van der Waals surface area contributed by atoms with Crippen LogP contribution in [0.5, 0.6) is 0 Å². The molecule has 5 nitrogen and oxygen atoms in total. The van der Waals surface area contributed by atoms with Crippen LogP contribution in [0.25, 0.3) is 22.3 Å². The molecule has 5 aromatic rings. The molecule has 0 saturated heterocycles. The molecule has 1 aliphatic carbocycles. The Hall–Kier alpha value is -5.00. The van der Waals surface area contributed by atoms with Crippen molar-refractivity contribution >= 4 is 11.8 Å². The van der Waals surface area contributed by atoms with E-state index in [-0.39, 0.29) is 11.8 Å². The summed E-state index contributed by atoms with van der Waals surface area (Å²) in [6, 6.07) is 46.6. The van der Waals surface area contributed by atoms with Crippen molar-refractivity contribution in [1.82, 2.24) is 16.0 Å². The summed E-state index contributed by atoms with van der Waals surface area (Å²) < 4.78 is 0. The molecule has 1 saturated carbocycles. The van der Waals surface area contributed by atoms with E-state index in [0.717, 1.165) is 47.2 Å². The van der Waals surface area contributed by atoms with Gasteiger partial charge in [-0.1, -0.05) is 127 Å². The highest BCUT2D eigenvalue weighted by Gasteiger charge is 2.37. The number of rotatable bonds is 14. The Labute approximate surface area is 272 Å². The average Bonchev–Trinajstić information content (AvgIpc) is 3.91. The van der Waals surface area contributed by atoms with Crippen molar-refractivity contribution in [2.45, 2.75) is 50.2 Å². The van der Waals surface area contributed by atoms with E-state index in [1.54, 1.807) is 0 Å². The molecule has 0 spiro atoms. The number of unbranched alkanes of at least 4 members (excludes halogenated alkanes) is 1. The molecule has 46 heavy (non-hydrogen) atoms. The Morgan fingerprint density at radius 1 is 0.630 bits per heavy atom. The van der Waals surface area contributed by atoms with Gasteiger partial charge in [0.25, 0.3) is 5.91 Å². The van der Waals surface area contributed by atoms with Gasteiger partial charge in [-0.3, -0.25) is 9.59 Å². The Morgan fingerprint density at radius 3 is 1.78 bits per heavy atom. The molecule has 0 aromatic heterocycles. The summed E-state index contributed by atoms with van der Waals surface area (Å²) in [5, 5.41) is 9.77. The van der Waals surface area contributed by atoms with Crippen LogP contribution in [0.3, 0.4) is 0 Å². The van der Waals surface area contributed by atoms with Crippen LogP contribution in [0.15, 0.2) is 140 Å². The van der Waals surface area contributed by atoms with Crippen LogP contribution in [0.1, 0.15) is 53.1 Å². The molecule has 0 radical (unpaired) electrons. The molecule has 2 amide bonds. The van der Waals surface area contributed by atoms with Gasteiger partial charge in [-0.15, -0.1) is 0 Å². The fraction of sp³-hybridized carbons (Fsp3) is 0.220. The summed E-state index contributed by atoms with van der Waals surface area (Å²) in [6.45, 7) is 1.29. The largest absolute Gasteiger partial charge is 0.350 e. The predicted molar refractivity (Wildman–Crippen MR) is 186 cm³/mol. The van der Waals surface area contributed by atoms with Gasteiger partial charge in [0.1, 0.15) is 6.04 Å². The van der Waals surface area contributed by atoms with E-state index in [1.807, 2.05) is 84.9 Å². The number of carbonyl (C=O) groups is 2. The second-order valence-electron chi connectivity index (χ2n) is 12.1. The van der Waals surface area contributed by atoms with E-state index < -0.39 is 6.04 Å². The summed E-state index contributed by atoms with van der Waals surface area (Å²) in [5.41, 5.74) is 7.37. The highest BCUT2D eigenvalue weighted by molar-refractivity contribution is 5.97. The highest BCUT2D eigenvalue weighted by atomic mass is 16.2.